The van der Waals surface area contributed by atoms with E-state index in [1.807, 2.05) is 6.07 Å². The molecule has 0 aliphatic carbocycles. The van der Waals surface area contributed by atoms with E-state index in [0.29, 0.717) is 0 Å². The number of nitrogens with zero attached hydrogens (tertiary/aromatic N) is 1. The van der Waals surface area contributed by atoms with Gasteiger partial charge in [0, 0.05) is 23.2 Å². The fourth-order valence-electron chi connectivity index (χ4n) is 2.17. The van der Waals surface area contributed by atoms with Crippen LogP contribution in [-0.4, -0.2) is 4.99 Å². The Balaban J connectivity index is 2.45. The van der Waals surface area contributed by atoms with Crippen molar-refractivity contribution in [2.45, 2.75) is 33.6 Å². The molecule has 0 bridgehead atoms. The number of thiocarbonyl (C=S) groups is 1. The number of benzene rings is 1. The van der Waals surface area contributed by atoms with E-state index in [2.05, 4.69) is 56.0 Å². The minimum absolute atomic E-state index is 0.125. The molecule has 0 saturated carbocycles. The predicted octanol–water partition coefficient (Wildman–Crippen LogP) is 4.54. The van der Waals surface area contributed by atoms with Crippen molar-refractivity contribution in [3.63, 3.8) is 0 Å². The molecule has 1 aromatic carbocycles. The quantitative estimate of drug-likeness (QED) is 0.668. The van der Waals surface area contributed by atoms with Gasteiger partial charge < -0.3 is 4.90 Å². The summed E-state index contributed by atoms with van der Waals surface area (Å²) in [6, 6.07) is 10.4. The Kier molecular flexibility index (Phi) is 3.34. The first kappa shape index (κ1) is 12.3. The fourth-order valence-corrected chi connectivity index (χ4v) is 2.49. The Morgan fingerprint density at radius 3 is 2.35 bits per heavy atom. The summed E-state index contributed by atoms with van der Waals surface area (Å²) in [7, 11) is 0. The van der Waals surface area contributed by atoms with Crippen molar-refractivity contribution < 1.29 is 0 Å². The maximum Gasteiger partial charge on any atom is 0.0870 e. The predicted molar refractivity (Wildman–Crippen MR) is 78.3 cm³/mol. The van der Waals surface area contributed by atoms with Crippen LogP contribution in [0.15, 0.2) is 42.1 Å². The average molecular weight is 245 g/mol. The minimum Gasteiger partial charge on any atom is -0.308 e. The number of rotatable bonds is 1. The van der Waals surface area contributed by atoms with Gasteiger partial charge in [-0.1, -0.05) is 57.3 Å². The lowest BCUT2D eigenvalue weighted by atomic mass is 9.88. The molecule has 1 aromatic rings. The van der Waals surface area contributed by atoms with E-state index in [0.717, 1.165) is 17.8 Å². The van der Waals surface area contributed by atoms with Crippen LogP contribution >= 0.6 is 12.2 Å². The second-order valence-electron chi connectivity index (χ2n) is 5.44. The Labute approximate surface area is 109 Å². The highest BCUT2D eigenvalue weighted by molar-refractivity contribution is 7.80. The Bertz CT molecular complexity index is 440. The fraction of sp³-hybridized carbons (Fsp3) is 0.400. The van der Waals surface area contributed by atoms with Crippen LogP contribution in [0.2, 0.25) is 0 Å². The molecule has 0 amide bonds. The van der Waals surface area contributed by atoms with Crippen molar-refractivity contribution in [3.05, 3.63) is 42.1 Å². The first-order valence-electron chi connectivity index (χ1n) is 6.09. The zero-order valence-electron chi connectivity index (χ0n) is 10.7. The summed E-state index contributed by atoms with van der Waals surface area (Å²) in [6.45, 7) is 6.72. The van der Waals surface area contributed by atoms with Crippen LogP contribution in [0.1, 0.15) is 33.6 Å². The van der Waals surface area contributed by atoms with Gasteiger partial charge >= 0.3 is 0 Å². The highest BCUT2D eigenvalue weighted by Crippen LogP contribution is 2.36. The van der Waals surface area contributed by atoms with E-state index in [9.17, 15) is 0 Å². The van der Waals surface area contributed by atoms with Crippen LogP contribution in [0.5, 0.6) is 0 Å². The summed E-state index contributed by atoms with van der Waals surface area (Å²) >= 11 is 5.54. The zero-order valence-corrected chi connectivity index (χ0v) is 11.6. The van der Waals surface area contributed by atoms with E-state index < -0.39 is 0 Å². The second-order valence-corrected chi connectivity index (χ2v) is 5.91. The highest BCUT2D eigenvalue weighted by atomic mass is 32.1. The molecule has 1 aliphatic rings. The van der Waals surface area contributed by atoms with E-state index in [1.54, 1.807) is 0 Å². The third kappa shape index (κ3) is 2.58. The van der Waals surface area contributed by atoms with Crippen molar-refractivity contribution in [3.8, 4) is 0 Å². The molecule has 90 valence electrons. The number of hydrogen-bond donors (Lipinski definition) is 0. The maximum atomic E-state index is 5.54. The molecule has 0 fully saturated rings. The molecule has 1 nitrogen and oxygen atoms in total. The summed E-state index contributed by atoms with van der Waals surface area (Å²) in [5.74, 6) is 0. The van der Waals surface area contributed by atoms with Gasteiger partial charge in [-0.05, 0) is 18.6 Å². The average Bonchev–Trinajstić information content (AvgIpc) is 2.28. The van der Waals surface area contributed by atoms with Gasteiger partial charge in [-0.15, -0.1) is 0 Å². The van der Waals surface area contributed by atoms with Gasteiger partial charge in [-0.2, -0.15) is 0 Å². The van der Waals surface area contributed by atoms with Gasteiger partial charge in [0.15, 0.2) is 0 Å². The molecule has 0 radical (unpaired) electrons. The molecule has 1 heterocycles. The first-order valence-corrected chi connectivity index (χ1v) is 6.49. The Hall–Kier alpha value is -1.15. The van der Waals surface area contributed by atoms with Crippen molar-refractivity contribution in [1.29, 1.82) is 0 Å². The van der Waals surface area contributed by atoms with Crippen molar-refractivity contribution >= 4 is 22.9 Å². The van der Waals surface area contributed by atoms with E-state index in [1.165, 1.54) is 11.4 Å². The maximum absolute atomic E-state index is 5.54. The topological polar surface area (TPSA) is 3.24 Å². The molecular formula is C15H19NS. The second kappa shape index (κ2) is 4.61. The standard InChI is InChI=1S/C15H19NS/c1-15(2,3)13-10-7-11-14(17)16(13)12-8-5-4-6-9-12/h4-6,8-10H,7,11H2,1-3H3. The molecule has 2 rings (SSSR count). The summed E-state index contributed by atoms with van der Waals surface area (Å²) in [4.78, 5) is 3.27. The van der Waals surface area contributed by atoms with E-state index >= 15 is 0 Å². The molecule has 0 atom stereocenters. The highest BCUT2D eigenvalue weighted by Gasteiger charge is 2.28. The molecule has 0 N–H and O–H groups in total. The Morgan fingerprint density at radius 1 is 1.12 bits per heavy atom. The summed E-state index contributed by atoms with van der Waals surface area (Å²) in [6.07, 6.45) is 4.36. The van der Waals surface area contributed by atoms with Crippen molar-refractivity contribution in [1.82, 2.24) is 0 Å². The molecular weight excluding hydrogens is 226 g/mol. The lowest BCUT2D eigenvalue weighted by Crippen LogP contribution is -2.36. The third-order valence-corrected chi connectivity index (χ3v) is 3.36. The van der Waals surface area contributed by atoms with Gasteiger partial charge in [-0.3, -0.25) is 0 Å². The van der Waals surface area contributed by atoms with Gasteiger partial charge in [0.05, 0.1) is 4.99 Å². The number of anilines is 1. The van der Waals surface area contributed by atoms with Gasteiger partial charge in [0.2, 0.25) is 0 Å². The van der Waals surface area contributed by atoms with Crippen LogP contribution in [0.25, 0.3) is 0 Å². The van der Waals surface area contributed by atoms with Gasteiger partial charge in [-0.25, -0.2) is 0 Å². The zero-order chi connectivity index (χ0) is 12.5. The number of hydrogen-bond acceptors (Lipinski definition) is 1. The van der Waals surface area contributed by atoms with E-state index in [4.69, 9.17) is 12.2 Å². The molecule has 0 aromatic heterocycles. The summed E-state index contributed by atoms with van der Waals surface area (Å²) in [5, 5.41) is 0. The lowest BCUT2D eigenvalue weighted by Gasteiger charge is -2.38. The van der Waals surface area contributed by atoms with Gasteiger partial charge in [0.1, 0.15) is 0 Å². The van der Waals surface area contributed by atoms with Crippen LogP contribution < -0.4 is 4.90 Å². The lowest BCUT2D eigenvalue weighted by molar-refractivity contribution is 0.491. The molecule has 0 spiro atoms. The first-order chi connectivity index (χ1) is 8.00. The van der Waals surface area contributed by atoms with Crippen LogP contribution in [0, 0.1) is 5.41 Å². The van der Waals surface area contributed by atoms with E-state index in [-0.39, 0.29) is 5.41 Å². The number of para-hydroxylation sites is 1. The normalized spacial score (nSPS) is 17.0. The third-order valence-electron chi connectivity index (χ3n) is 2.97. The van der Waals surface area contributed by atoms with Gasteiger partial charge in [0.25, 0.3) is 0 Å². The molecule has 0 saturated heterocycles. The van der Waals surface area contributed by atoms with Crippen LogP contribution in [0.4, 0.5) is 5.69 Å². The molecule has 17 heavy (non-hydrogen) atoms. The summed E-state index contributed by atoms with van der Waals surface area (Å²) in [5.41, 5.74) is 2.62. The molecule has 1 aliphatic heterocycles. The SMILES string of the molecule is CC(C)(C)C1=CCCC(=S)N1c1ccccc1. The van der Waals surface area contributed by atoms with Crippen molar-refractivity contribution in [2.24, 2.45) is 5.41 Å². The van der Waals surface area contributed by atoms with Crippen LogP contribution in [-0.2, 0) is 0 Å². The summed E-state index contributed by atoms with van der Waals surface area (Å²) < 4.78 is 0. The molecule has 2 heteroatoms. The van der Waals surface area contributed by atoms with Crippen molar-refractivity contribution in [2.75, 3.05) is 4.90 Å². The monoisotopic (exact) mass is 245 g/mol. The number of allylic oxidation sites excluding steroid dienone is 2. The Morgan fingerprint density at radius 2 is 1.76 bits per heavy atom. The minimum atomic E-state index is 0.125. The largest absolute Gasteiger partial charge is 0.308 e. The van der Waals surface area contributed by atoms with Crippen LogP contribution in [0.3, 0.4) is 0 Å². The molecule has 0 unspecified atom stereocenters. The smallest absolute Gasteiger partial charge is 0.0870 e.